The Hall–Kier alpha value is -1.63. The third-order valence-electron chi connectivity index (χ3n) is 3.07. The summed E-state index contributed by atoms with van der Waals surface area (Å²) in [6.07, 6.45) is 0. The van der Waals surface area contributed by atoms with Crippen molar-refractivity contribution in [2.24, 2.45) is 0 Å². The highest BCUT2D eigenvalue weighted by molar-refractivity contribution is 9.10. The number of hydrogen-bond donors (Lipinski definition) is 1. The average Bonchev–Trinajstić information content (AvgIpc) is 3.09. The maximum absolute atomic E-state index is 5.77. The highest BCUT2D eigenvalue weighted by Gasteiger charge is 2.12. The van der Waals surface area contributed by atoms with Gasteiger partial charge in [0.05, 0.1) is 12.3 Å². The molecule has 0 unspecified atom stereocenters. The van der Waals surface area contributed by atoms with Gasteiger partial charge in [-0.2, -0.15) is 0 Å². The van der Waals surface area contributed by atoms with Crippen molar-refractivity contribution in [3.8, 4) is 11.5 Å². The van der Waals surface area contributed by atoms with E-state index in [4.69, 9.17) is 13.7 Å². The molecular formula is C15H15BrN2O3. The Labute approximate surface area is 130 Å². The Morgan fingerprint density at radius 1 is 1.24 bits per heavy atom. The van der Waals surface area contributed by atoms with Gasteiger partial charge in [-0.1, -0.05) is 21.1 Å². The summed E-state index contributed by atoms with van der Waals surface area (Å²) >= 11 is 3.45. The molecule has 1 N–H and O–H groups in total. The van der Waals surface area contributed by atoms with Crippen molar-refractivity contribution >= 4 is 26.9 Å². The molecule has 0 aliphatic carbocycles. The summed E-state index contributed by atoms with van der Waals surface area (Å²) in [5.74, 6) is 1.31. The normalized spacial score (nSPS) is 11.3. The number of methoxy groups -OCH3 is 1. The van der Waals surface area contributed by atoms with Gasteiger partial charge in [0.15, 0.2) is 5.76 Å². The SMILES string of the molecule is COCCNCc1cc(-c2cc3cc(Br)ccc3o2)on1. The van der Waals surface area contributed by atoms with Crippen LogP contribution in [0.1, 0.15) is 5.69 Å². The molecular weight excluding hydrogens is 336 g/mol. The summed E-state index contributed by atoms with van der Waals surface area (Å²) in [6.45, 7) is 2.08. The number of hydrogen-bond acceptors (Lipinski definition) is 5. The van der Waals surface area contributed by atoms with Crippen molar-refractivity contribution in [2.75, 3.05) is 20.3 Å². The Balaban J connectivity index is 1.75. The molecule has 6 heteroatoms. The van der Waals surface area contributed by atoms with E-state index in [1.165, 1.54) is 0 Å². The van der Waals surface area contributed by atoms with E-state index in [1.807, 2.05) is 30.3 Å². The van der Waals surface area contributed by atoms with Gasteiger partial charge in [0.1, 0.15) is 5.58 Å². The van der Waals surface area contributed by atoms with E-state index in [9.17, 15) is 0 Å². The van der Waals surface area contributed by atoms with Crippen LogP contribution in [-0.4, -0.2) is 25.4 Å². The molecule has 1 aromatic carbocycles. The molecule has 2 heterocycles. The largest absolute Gasteiger partial charge is 0.453 e. The monoisotopic (exact) mass is 350 g/mol. The molecule has 3 aromatic rings. The fourth-order valence-corrected chi connectivity index (χ4v) is 2.42. The van der Waals surface area contributed by atoms with Crippen molar-refractivity contribution in [2.45, 2.75) is 6.54 Å². The van der Waals surface area contributed by atoms with Gasteiger partial charge in [0, 0.05) is 36.1 Å². The smallest absolute Gasteiger partial charge is 0.202 e. The van der Waals surface area contributed by atoms with Crippen LogP contribution >= 0.6 is 15.9 Å². The number of ether oxygens (including phenoxy) is 1. The fourth-order valence-electron chi connectivity index (χ4n) is 2.04. The lowest BCUT2D eigenvalue weighted by atomic mass is 10.2. The van der Waals surface area contributed by atoms with Crippen LogP contribution in [0.4, 0.5) is 0 Å². The summed E-state index contributed by atoms with van der Waals surface area (Å²) in [7, 11) is 1.68. The third kappa shape index (κ3) is 3.34. The minimum absolute atomic E-state index is 0.630. The van der Waals surface area contributed by atoms with Gasteiger partial charge in [-0.15, -0.1) is 0 Å². The molecule has 2 aromatic heterocycles. The maximum atomic E-state index is 5.77. The highest BCUT2D eigenvalue weighted by atomic mass is 79.9. The highest BCUT2D eigenvalue weighted by Crippen LogP contribution is 2.29. The number of fused-ring (bicyclic) bond motifs is 1. The summed E-state index contributed by atoms with van der Waals surface area (Å²) in [5, 5.41) is 8.27. The predicted octanol–water partition coefficient (Wildman–Crippen LogP) is 3.59. The molecule has 0 aliphatic rings. The van der Waals surface area contributed by atoms with Crippen LogP contribution in [0.5, 0.6) is 0 Å². The number of halogens is 1. The molecule has 0 aliphatic heterocycles. The second-order valence-electron chi connectivity index (χ2n) is 4.64. The van der Waals surface area contributed by atoms with Crippen molar-refractivity contribution in [1.29, 1.82) is 0 Å². The molecule has 21 heavy (non-hydrogen) atoms. The number of aromatic nitrogens is 1. The van der Waals surface area contributed by atoms with Gasteiger partial charge in [0.25, 0.3) is 0 Å². The van der Waals surface area contributed by atoms with Crippen molar-refractivity contribution < 1.29 is 13.7 Å². The Bertz CT molecular complexity index is 735. The molecule has 0 amide bonds. The average molecular weight is 351 g/mol. The predicted molar refractivity (Wildman–Crippen MR) is 83.0 cm³/mol. The van der Waals surface area contributed by atoms with E-state index in [1.54, 1.807) is 7.11 Å². The number of furan rings is 1. The topological polar surface area (TPSA) is 60.4 Å². The van der Waals surface area contributed by atoms with Gasteiger partial charge < -0.3 is 19.0 Å². The van der Waals surface area contributed by atoms with E-state index in [0.717, 1.165) is 27.7 Å². The van der Waals surface area contributed by atoms with E-state index in [0.29, 0.717) is 24.7 Å². The van der Waals surface area contributed by atoms with Crippen LogP contribution in [0.25, 0.3) is 22.5 Å². The molecule has 0 radical (unpaired) electrons. The number of nitrogens with zero attached hydrogens (tertiary/aromatic N) is 1. The zero-order chi connectivity index (χ0) is 14.7. The maximum Gasteiger partial charge on any atom is 0.202 e. The fraction of sp³-hybridized carbons (Fsp3) is 0.267. The summed E-state index contributed by atoms with van der Waals surface area (Å²) in [6, 6.07) is 9.70. The number of benzene rings is 1. The van der Waals surface area contributed by atoms with E-state index >= 15 is 0 Å². The number of rotatable bonds is 6. The zero-order valence-corrected chi connectivity index (χ0v) is 13.1. The molecule has 5 nitrogen and oxygen atoms in total. The first-order chi connectivity index (χ1) is 10.3. The van der Waals surface area contributed by atoms with Gasteiger partial charge in [0.2, 0.25) is 5.76 Å². The van der Waals surface area contributed by atoms with Crippen LogP contribution in [0.2, 0.25) is 0 Å². The lowest BCUT2D eigenvalue weighted by Crippen LogP contribution is -2.18. The Morgan fingerprint density at radius 3 is 3.00 bits per heavy atom. The minimum atomic E-state index is 0.630. The van der Waals surface area contributed by atoms with Gasteiger partial charge >= 0.3 is 0 Å². The van der Waals surface area contributed by atoms with Crippen molar-refractivity contribution in [1.82, 2.24) is 10.5 Å². The van der Waals surface area contributed by atoms with Gasteiger partial charge in [-0.05, 0) is 24.3 Å². The second kappa shape index (κ2) is 6.43. The lowest BCUT2D eigenvalue weighted by molar-refractivity contribution is 0.199. The number of nitrogens with one attached hydrogen (secondary N) is 1. The first-order valence-electron chi connectivity index (χ1n) is 6.61. The quantitative estimate of drug-likeness (QED) is 0.688. The Kier molecular flexibility index (Phi) is 4.38. The van der Waals surface area contributed by atoms with E-state index in [2.05, 4.69) is 26.4 Å². The van der Waals surface area contributed by atoms with Crippen LogP contribution in [0.15, 0.2) is 43.7 Å². The third-order valence-corrected chi connectivity index (χ3v) is 3.56. The molecule has 0 atom stereocenters. The first kappa shape index (κ1) is 14.3. The van der Waals surface area contributed by atoms with Crippen LogP contribution in [0, 0.1) is 0 Å². The second-order valence-corrected chi connectivity index (χ2v) is 5.56. The van der Waals surface area contributed by atoms with Crippen LogP contribution in [0.3, 0.4) is 0 Å². The lowest BCUT2D eigenvalue weighted by Gasteiger charge is -1.99. The minimum Gasteiger partial charge on any atom is -0.453 e. The summed E-state index contributed by atoms with van der Waals surface area (Å²) in [5.41, 5.74) is 1.66. The van der Waals surface area contributed by atoms with Gasteiger partial charge in [-0.25, -0.2) is 0 Å². The molecule has 3 rings (SSSR count). The van der Waals surface area contributed by atoms with Crippen molar-refractivity contribution in [3.63, 3.8) is 0 Å². The van der Waals surface area contributed by atoms with E-state index < -0.39 is 0 Å². The molecule has 0 spiro atoms. The molecule has 0 fully saturated rings. The zero-order valence-electron chi connectivity index (χ0n) is 11.6. The van der Waals surface area contributed by atoms with E-state index in [-0.39, 0.29) is 0 Å². The Morgan fingerprint density at radius 2 is 2.14 bits per heavy atom. The summed E-state index contributed by atoms with van der Waals surface area (Å²) < 4.78 is 17.1. The van der Waals surface area contributed by atoms with Crippen LogP contribution < -0.4 is 5.32 Å². The molecule has 0 bridgehead atoms. The standard InChI is InChI=1S/C15H15BrN2O3/c1-19-5-4-17-9-12-8-15(21-18-12)14-7-10-6-11(16)2-3-13(10)20-14/h2-3,6-8,17H,4-5,9H2,1H3. The van der Waals surface area contributed by atoms with Crippen molar-refractivity contribution in [3.05, 3.63) is 40.5 Å². The first-order valence-corrected chi connectivity index (χ1v) is 7.40. The molecule has 0 saturated carbocycles. The summed E-state index contributed by atoms with van der Waals surface area (Å²) in [4.78, 5) is 0. The molecule has 110 valence electrons. The molecule has 0 saturated heterocycles. The van der Waals surface area contributed by atoms with Crippen LogP contribution in [-0.2, 0) is 11.3 Å². The van der Waals surface area contributed by atoms with Gasteiger partial charge in [-0.3, -0.25) is 0 Å².